The Balaban J connectivity index is 5.65. The summed E-state index contributed by atoms with van der Waals surface area (Å²) in [6.07, 6.45) is -1.48. The van der Waals surface area contributed by atoms with Gasteiger partial charge in [-0.05, 0) is 24.7 Å². The highest BCUT2D eigenvalue weighted by Crippen LogP contribution is 2.22. The summed E-state index contributed by atoms with van der Waals surface area (Å²) in [5.74, 6) is 2.79. The van der Waals surface area contributed by atoms with Crippen LogP contribution in [0.25, 0.3) is 0 Å². The molecule has 11 nitrogen and oxygen atoms in total. The third-order valence-corrected chi connectivity index (χ3v) is 3.88. The minimum absolute atomic E-state index is 0.173. The molecule has 0 spiro atoms. The first-order valence-electron chi connectivity index (χ1n) is 8.27. The van der Waals surface area contributed by atoms with Gasteiger partial charge in [-0.15, -0.1) is 0 Å². The lowest BCUT2D eigenvalue weighted by atomic mass is 9.80. The molecule has 0 fully saturated rings. The van der Waals surface area contributed by atoms with Gasteiger partial charge in [-0.25, -0.2) is 9.59 Å². The van der Waals surface area contributed by atoms with E-state index in [-0.39, 0.29) is 24.7 Å². The molecular formula is C16H28N4O7. The number of Topliss-reactive ketones (excluding diaryl/α,β-unsaturated/α-hetero) is 3. The Morgan fingerprint density at radius 1 is 0.778 bits per heavy atom. The number of ketones is 3. The summed E-state index contributed by atoms with van der Waals surface area (Å²) < 4.78 is 0. The van der Waals surface area contributed by atoms with E-state index in [1.165, 1.54) is 0 Å². The average molecular weight is 388 g/mol. The molecule has 8 N–H and O–H groups in total. The van der Waals surface area contributed by atoms with E-state index in [1.54, 1.807) is 27.7 Å². The second-order valence-electron chi connectivity index (χ2n) is 7.30. The number of hydrogen-bond donors (Lipinski definition) is 4. The van der Waals surface area contributed by atoms with E-state index in [2.05, 4.69) is 9.68 Å². The molecule has 0 saturated heterocycles. The predicted octanol–water partition coefficient (Wildman–Crippen LogP) is -1.60. The van der Waals surface area contributed by atoms with E-state index in [4.69, 9.17) is 23.3 Å². The van der Waals surface area contributed by atoms with Crippen molar-refractivity contribution in [2.45, 2.75) is 58.0 Å². The molecule has 154 valence electrons. The zero-order chi connectivity index (χ0) is 21.6. The van der Waals surface area contributed by atoms with Crippen LogP contribution in [0.1, 0.15) is 47.0 Å². The Morgan fingerprint density at radius 2 is 1.15 bits per heavy atom. The lowest BCUT2D eigenvalue weighted by Gasteiger charge is -2.27. The van der Waals surface area contributed by atoms with Gasteiger partial charge in [-0.3, -0.25) is 14.4 Å². The van der Waals surface area contributed by atoms with Gasteiger partial charge in [0, 0.05) is 0 Å². The van der Waals surface area contributed by atoms with E-state index >= 15 is 0 Å². The Hall–Kier alpha value is -2.21. The summed E-state index contributed by atoms with van der Waals surface area (Å²) in [5, 5.41) is 0. The van der Waals surface area contributed by atoms with Crippen LogP contribution in [0.3, 0.4) is 0 Å². The van der Waals surface area contributed by atoms with Crippen LogP contribution in [0.5, 0.6) is 0 Å². The van der Waals surface area contributed by atoms with Crippen LogP contribution in [0.4, 0.5) is 0 Å². The van der Waals surface area contributed by atoms with Crippen LogP contribution >= 0.6 is 0 Å². The third kappa shape index (κ3) is 5.89. The molecule has 0 aliphatic heterocycles. The summed E-state index contributed by atoms with van der Waals surface area (Å²) in [6, 6.07) is 0. The molecule has 0 rings (SSSR count). The first-order valence-corrected chi connectivity index (χ1v) is 8.27. The fourth-order valence-electron chi connectivity index (χ4n) is 2.71. The first-order chi connectivity index (χ1) is 12.3. The average Bonchev–Trinajstić information content (AvgIpc) is 2.57. The SMILES string of the molecule is CC(C)CC(N)(C(=O)CC(=O)C(=O)C(N)(CC(C)C)C(=O)ON)C(=O)ON. The van der Waals surface area contributed by atoms with Crippen LogP contribution in [0.15, 0.2) is 0 Å². The molecule has 11 heteroatoms. The summed E-state index contributed by atoms with van der Waals surface area (Å²) in [6.45, 7) is 6.66. The number of nitrogens with two attached hydrogens (primary N) is 4. The molecule has 0 aromatic carbocycles. The molecule has 0 aromatic rings. The number of carbonyl (C=O) groups excluding carboxylic acids is 5. The Kier molecular flexibility index (Phi) is 8.86. The van der Waals surface area contributed by atoms with Crippen molar-refractivity contribution in [1.82, 2.24) is 0 Å². The lowest BCUT2D eigenvalue weighted by molar-refractivity contribution is -0.160. The predicted molar refractivity (Wildman–Crippen MR) is 92.9 cm³/mol. The van der Waals surface area contributed by atoms with Crippen molar-refractivity contribution in [3.05, 3.63) is 0 Å². The summed E-state index contributed by atoms with van der Waals surface area (Å²) in [7, 11) is 0. The molecule has 0 bridgehead atoms. The normalized spacial score (nSPS) is 15.6. The van der Waals surface area contributed by atoms with Crippen molar-refractivity contribution in [3.63, 3.8) is 0 Å². The van der Waals surface area contributed by atoms with E-state index in [9.17, 15) is 24.0 Å². The highest BCUT2D eigenvalue weighted by atomic mass is 16.7. The second kappa shape index (κ2) is 9.65. The zero-order valence-corrected chi connectivity index (χ0v) is 15.9. The maximum atomic E-state index is 12.5. The van der Waals surface area contributed by atoms with Crippen LogP contribution in [-0.2, 0) is 33.6 Å². The smallest absolute Gasteiger partial charge is 0.352 e. The van der Waals surface area contributed by atoms with Gasteiger partial charge >= 0.3 is 11.9 Å². The lowest BCUT2D eigenvalue weighted by Crippen LogP contribution is -2.61. The Morgan fingerprint density at radius 3 is 1.52 bits per heavy atom. The molecular weight excluding hydrogens is 360 g/mol. The van der Waals surface area contributed by atoms with E-state index in [1.807, 2.05) is 0 Å². The summed E-state index contributed by atoms with van der Waals surface area (Å²) in [4.78, 5) is 69.0. The minimum Gasteiger partial charge on any atom is -0.372 e. The van der Waals surface area contributed by atoms with E-state index < -0.39 is 46.8 Å². The van der Waals surface area contributed by atoms with Crippen molar-refractivity contribution in [1.29, 1.82) is 0 Å². The van der Waals surface area contributed by atoms with Gasteiger partial charge in [-0.1, -0.05) is 27.7 Å². The van der Waals surface area contributed by atoms with Crippen molar-refractivity contribution in [3.8, 4) is 0 Å². The molecule has 0 aliphatic carbocycles. The Bertz CT molecular complexity index is 620. The molecule has 0 aliphatic rings. The van der Waals surface area contributed by atoms with Crippen molar-refractivity contribution < 1.29 is 33.6 Å². The van der Waals surface area contributed by atoms with Gasteiger partial charge in [-0.2, -0.15) is 11.8 Å². The minimum atomic E-state index is -2.36. The molecule has 0 aromatic heterocycles. The molecule has 0 saturated carbocycles. The monoisotopic (exact) mass is 388 g/mol. The summed E-state index contributed by atoms with van der Waals surface area (Å²) in [5.41, 5.74) is 7.00. The fraction of sp³-hybridized carbons (Fsp3) is 0.688. The van der Waals surface area contributed by atoms with Gasteiger partial charge in [0.1, 0.15) is 0 Å². The van der Waals surface area contributed by atoms with Gasteiger partial charge in [0.05, 0.1) is 6.42 Å². The first kappa shape index (κ1) is 24.8. The van der Waals surface area contributed by atoms with E-state index in [0.29, 0.717) is 0 Å². The van der Waals surface area contributed by atoms with Crippen LogP contribution in [-0.4, -0.2) is 40.4 Å². The maximum absolute atomic E-state index is 12.5. The van der Waals surface area contributed by atoms with Gasteiger partial charge < -0.3 is 21.1 Å². The molecule has 0 amide bonds. The largest absolute Gasteiger partial charge is 0.372 e. The highest BCUT2D eigenvalue weighted by molar-refractivity contribution is 6.47. The van der Waals surface area contributed by atoms with Gasteiger partial charge in [0.15, 0.2) is 16.9 Å². The number of carbonyl (C=O) groups is 5. The van der Waals surface area contributed by atoms with Crippen molar-refractivity contribution >= 4 is 29.3 Å². The fourth-order valence-corrected chi connectivity index (χ4v) is 2.71. The summed E-state index contributed by atoms with van der Waals surface area (Å²) >= 11 is 0. The van der Waals surface area contributed by atoms with Gasteiger partial charge in [0.25, 0.3) is 0 Å². The number of hydrogen-bond acceptors (Lipinski definition) is 11. The van der Waals surface area contributed by atoms with Crippen LogP contribution in [0.2, 0.25) is 0 Å². The highest BCUT2D eigenvalue weighted by Gasteiger charge is 2.50. The van der Waals surface area contributed by atoms with Crippen LogP contribution in [0, 0.1) is 11.8 Å². The maximum Gasteiger partial charge on any atom is 0.352 e. The topological polar surface area (TPSA) is 208 Å². The zero-order valence-electron chi connectivity index (χ0n) is 15.9. The molecule has 27 heavy (non-hydrogen) atoms. The quantitative estimate of drug-likeness (QED) is 0.180. The molecule has 2 atom stereocenters. The second-order valence-corrected chi connectivity index (χ2v) is 7.30. The Labute approximate surface area is 157 Å². The molecule has 2 unspecified atom stereocenters. The van der Waals surface area contributed by atoms with Crippen molar-refractivity contribution in [2.75, 3.05) is 0 Å². The standard InChI is InChI=1S/C16H28N4O7/c1-8(2)6-15(17,13(24)26-19)11(22)5-10(21)12(23)16(18,7-9(3)4)14(25)27-20/h8-9H,5-7,17-20H2,1-4H3. The van der Waals surface area contributed by atoms with Crippen molar-refractivity contribution in [2.24, 2.45) is 35.1 Å². The van der Waals surface area contributed by atoms with Crippen LogP contribution < -0.4 is 23.3 Å². The third-order valence-electron chi connectivity index (χ3n) is 3.88. The molecule has 0 radical (unpaired) electrons. The molecule has 0 heterocycles. The van der Waals surface area contributed by atoms with E-state index in [0.717, 1.165) is 0 Å². The number of rotatable bonds is 11. The van der Waals surface area contributed by atoms with Gasteiger partial charge in [0.2, 0.25) is 11.6 Å².